The quantitative estimate of drug-likeness (QED) is 0.225. The van der Waals surface area contributed by atoms with Gasteiger partial charge in [0.15, 0.2) is 18.4 Å². The Labute approximate surface area is 300 Å². The van der Waals surface area contributed by atoms with Crippen molar-refractivity contribution in [2.75, 3.05) is 20.8 Å². The molecule has 11 atom stereocenters. The molecular weight excluding hydrogens is 656 g/mol. The average Bonchev–Trinajstić information content (AvgIpc) is 3.60. The monoisotopic (exact) mass is 706 g/mol. The molecular formula is C40H50O11. The molecule has 51 heavy (non-hydrogen) atoms. The number of benzene rings is 3. The van der Waals surface area contributed by atoms with Crippen LogP contribution in [0.4, 0.5) is 0 Å². The van der Waals surface area contributed by atoms with E-state index < -0.39 is 72.7 Å². The van der Waals surface area contributed by atoms with E-state index in [0.29, 0.717) is 13.0 Å². The smallest absolute Gasteiger partial charge is 0.220 e. The maximum Gasteiger partial charge on any atom is 0.220 e. The predicted octanol–water partition coefficient (Wildman–Crippen LogP) is 5.53. The second kappa shape index (κ2) is 15.3. The summed E-state index contributed by atoms with van der Waals surface area (Å²) in [6.07, 6.45) is -5.27. The molecule has 0 N–H and O–H groups in total. The van der Waals surface area contributed by atoms with Crippen LogP contribution in [0.25, 0.3) is 0 Å². The van der Waals surface area contributed by atoms with E-state index in [1.165, 1.54) is 0 Å². The minimum atomic E-state index is -1.31. The summed E-state index contributed by atoms with van der Waals surface area (Å²) in [5.41, 5.74) is 3.12. The van der Waals surface area contributed by atoms with Crippen molar-refractivity contribution in [3.8, 4) is 0 Å². The summed E-state index contributed by atoms with van der Waals surface area (Å²) in [4.78, 5) is 0. The van der Waals surface area contributed by atoms with E-state index in [1.807, 2.05) is 92.7 Å². The predicted molar refractivity (Wildman–Crippen MR) is 184 cm³/mol. The summed E-state index contributed by atoms with van der Waals surface area (Å²) >= 11 is 0. The fourth-order valence-corrected chi connectivity index (χ4v) is 7.29. The van der Waals surface area contributed by atoms with Crippen LogP contribution in [0.1, 0.15) is 44.4 Å². The third kappa shape index (κ3) is 7.81. The van der Waals surface area contributed by atoms with E-state index in [0.717, 1.165) is 16.7 Å². The van der Waals surface area contributed by atoms with Gasteiger partial charge in [0.05, 0.1) is 25.9 Å². The highest BCUT2D eigenvalue weighted by Crippen LogP contribution is 2.46. The Morgan fingerprint density at radius 1 is 0.569 bits per heavy atom. The van der Waals surface area contributed by atoms with Gasteiger partial charge in [-0.05, 0) is 44.4 Å². The summed E-state index contributed by atoms with van der Waals surface area (Å²) in [5.74, 6) is -3.44. The van der Waals surface area contributed by atoms with Crippen LogP contribution in [-0.4, -0.2) is 93.5 Å². The van der Waals surface area contributed by atoms with Gasteiger partial charge >= 0.3 is 0 Å². The van der Waals surface area contributed by atoms with Gasteiger partial charge < -0.3 is 52.1 Å². The van der Waals surface area contributed by atoms with Crippen molar-refractivity contribution in [2.24, 2.45) is 0 Å². The molecule has 0 aliphatic carbocycles. The Bertz CT molecular complexity index is 1540. The molecule has 2 unspecified atom stereocenters. The van der Waals surface area contributed by atoms with Crippen LogP contribution in [-0.2, 0) is 71.7 Å². The third-order valence-electron chi connectivity index (χ3n) is 10.3. The first kappa shape index (κ1) is 36.6. The fourth-order valence-electron chi connectivity index (χ4n) is 7.29. The van der Waals surface area contributed by atoms with Gasteiger partial charge in [0.25, 0.3) is 0 Å². The minimum Gasteiger partial charge on any atom is -0.374 e. The molecule has 11 nitrogen and oxygen atoms in total. The van der Waals surface area contributed by atoms with Crippen molar-refractivity contribution in [2.45, 2.75) is 120 Å². The summed E-state index contributed by atoms with van der Waals surface area (Å²) < 4.78 is 71.5. The number of methoxy groups -OCH3 is 2. The number of ether oxygens (including phenoxy) is 11. The highest BCUT2D eigenvalue weighted by Gasteiger charge is 2.64. The van der Waals surface area contributed by atoms with Crippen LogP contribution in [0.5, 0.6) is 0 Å². The molecule has 3 aromatic carbocycles. The van der Waals surface area contributed by atoms with Crippen LogP contribution in [0, 0.1) is 0 Å². The normalized spacial score (nSPS) is 37.2. The molecule has 276 valence electrons. The second-order valence-electron chi connectivity index (χ2n) is 14.2. The average molecular weight is 707 g/mol. The van der Waals surface area contributed by atoms with E-state index in [2.05, 4.69) is 12.1 Å². The Hall–Kier alpha value is -2.78. The standard InChI is InChI=1S/C40H50O11/c1-38(2)48-35-31(29(45-37(35)51-38)22-26-16-10-7-11-17-26)47-36-34(44-24-28-20-14-9-15-21-28)33-32(49-39(3,41-5)40(4,42-6)50-33)30(46-36)25-43-23-27-18-12-8-13-19-27/h7-21,29-37H,22-25H2,1-6H3/t29-,30-,31-,32-,33+,34-,35-,36-,37-,39?,40?/m1/s1. The minimum absolute atomic E-state index is 0.182. The maximum absolute atomic E-state index is 7.03. The number of hydrogen-bond donors (Lipinski definition) is 0. The molecule has 0 amide bonds. The molecule has 4 heterocycles. The molecule has 0 saturated carbocycles. The van der Waals surface area contributed by atoms with Crippen LogP contribution in [0.3, 0.4) is 0 Å². The van der Waals surface area contributed by atoms with E-state index in [1.54, 1.807) is 28.1 Å². The Kier molecular flexibility index (Phi) is 11.0. The Balaban J connectivity index is 1.22. The summed E-state index contributed by atoms with van der Waals surface area (Å²) in [5, 5.41) is 0. The fraction of sp³-hybridized carbons (Fsp3) is 0.550. The molecule has 4 aliphatic rings. The Morgan fingerprint density at radius 2 is 1.14 bits per heavy atom. The van der Waals surface area contributed by atoms with Crippen LogP contribution >= 0.6 is 0 Å². The first-order valence-electron chi connectivity index (χ1n) is 17.7. The zero-order chi connectivity index (χ0) is 35.6. The zero-order valence-corrected chi connectivity index (χ0v) is 30.2. The second-order valence-corrected chi connectivity index (χ2v) is 14.2. The van der Waals surface area contributed by atoms with Gasteiger partial charge in [-0.3, -0.25) is 0 Å². The molecule has 3 aromatic rings. The molecule has 4 saturated heterocycles. The molecule has 0 aromatic heterocycles. The van der Waals surface area contributed by atoms with Crippen molar-refractivity contribution >= 4 is 0 Å². The van der Waals surface area contributed by atoms with Gasteiger partial charge in [-0.25, -0.2) is 0 Å². The van der Waals surface area contributed by atoms with Crippen LogP contribution < -0.4 is 0 Å². The van der Waals surface area contributed by atoms with Gasteiger partial charge in [-0.15, -0.1) is 0 Å². The first-order chi connectivity index (χ1) is 24.6. The van der Waals surface area contributed by atoms with Crippen molar-refractivity contribution < 1.29 is 52.1 Å². The SMILES string of the molecule is COC1(C)O[C@@H]2[C@@H](OCc3ccccc3)[C@@H](O[C@H]3[C@H]4OC(C)(C)O[C@H]4O[C@@H]3Cc3ccccc3)O[C@H](COCc3ccccc3)[C@H]2OC1(C)OC. The molecule has 0 spiro atoms. The topological polar surface area (TPSA) is 102 Å². The largest absolute Gasteiger partial charge is 0.374 e. The molecule has 0 bridgehead atoms. The van der Waals surface area contributed by atoms with E-state index >= 15 is 0 Å². The molecule has 4 fully saturated rings. The molecule has 11 heteroatoms. The highest BCUT2D eigenvalue weighted by molar-refractivity contribution is 5.18. The number of hydrogen-bond acceptors (Lipinski definition) is 11. The lowest BCUT2D eigenvalue weighted by Crippen LogP contribution is -2.73. The maximum atomic E-state index is 7.03. The van der Waals surface area contributed by atoms with Gasteiger partial charge in [0.1, 0.15) is 36.6 Å². The highest BCUT2D eigenvalue weighted by atomic mass is 16.9. The van der Waals surface area contributed by atoms with Gasteiger partial charge in [0.2, 0.25) is 11.6 Å². The van der Waals surface area contributed by atoms with Gasteiger partial charge in [0, 0.05) is 20.6 Å². The third-order valence-corrected chi connectivity index (χ3v) is 10.3. The molecule has 7 rings (SSSR count). The Morgan fingerprint density at radius 3 is 1.75 bits per heavy atom. The molecule has 0 radical (unpaired) electrons. The molecule has 4 aliphatic heterocycles. The summed E-state index contributed by atoms with van der Waals surface area (Å²) in [6, 6.07) is 30.1. The summed E-state index contributed by atoms with van der Waals surface area (Å²) in [6.45, 7) is 8.17. The van der Waals surface area contributed by atoms with E-state index in [9.17, 15) is 0 Å². The number of fused-ring (bicyclic) bond motifs is 2. The van der Waals surface area contributed by atoms with Crippen molar-refractivity contribution in [1.29, 1.82) is 0 Å². The van der Waals surface area contributed by atoms with Crippen LogP contribution in [0.15, 0.2) is 91.0 Å². The van der Waals surface area contributed by atoms with Crippen LogP contribution in [0.2, 0.25) is 0 Å². The van der Waals surface area contributed by atoms with Crippen molar-refractivity contribution in [1.82, 2.24) is 0 Å². The summed E-state index contributed by atoms with van der Waals surface area (Å²) in [7, 11) is 3.13. The first-order valence-corrected chi connectivity index (χ1v) is 17.7. The lowest BCUT2D eigenvalue weighted by atomic mass is 9.93. The number of rotatable bonds is 13. The lowest BCUT2D eigenvalue weighted by Gasteiger charge is -2.57. The zero-order valence-electron chi connectivity index (χ0n) is 30.2. The van der Waals surface area contributed by atoms with Gasteiger partial charge in [-0.2, -0.15) is 0 Å². The van der Waals surface area contributed by atoms with Crippen molar-refractivity contribution in [3.05, 3.63) is 108 Å². The van der Waals surface area contributed by atoms with E-state index in [4.69, 9.17) is 52.1 Å². The van der Waals surface area contributed by atoms with Gasteiger partial charge in [-0.1, -0.05) is 91.0 Å². The van der Waals surface area contributed by atoms with E-state index in [-0.39, 0.29) is 13.2 Å². The lowest BCUT2D eigenvalue weighted by molar-refractivity contribution is -0.483. The van der Waals surface area contributed by atoms with Crippen molar-refractivity contribution in [3.63, 3.8) is 0 Å².